The fourth-order valence-corrected chi connectivity index (χ4v) is 2.44. The molecule has 0 amide bonds. The first-order chi connectivity index (χ1) is 8.20. The van der Waals surface area contributed by atoms with E-state index in [0.717, 1.165) is 29.2 Å². The van der Waals surface area contributed by atoms with Crippen molar-refractivity contribution in [2.45, 2.75) is 19.3 Å². The fourth-order valence-electron chi connectivity index (χ4n) is 2.21. The van der Waals surface area contributed by atoms with Gasteiger partial charge >= 0.3 is 0 Å². The van der Waals surface area contributed by atoms with Crippen LogP contribution in [0, 0.1) is 5.92 Å². The molecule has 1 saturated carbocycles. The average Bonchev–Trinajstić information content (AvgIpc) is 3.06. The van der Waals surface area contributed by atoms with Gasteiger partial charge in [0.2, 0.25) is 0 Å². The molecule has 1 aliphatic carbocycles. The molecule has 0 spiro atoms. The zero-order valence-electron chi connectivity index (χ0n) is 10.0. The van der Waals surface area contributed by atoms with Gasteiger partial charge in [-0.2, -0.15) is 0 Å². The lowest BCUT2D eigenvalue weighted by molar-refractivity contribution is 0.419. The predicted octanol–water partition coefficient (Wildman–Crippen LogP) is 3.19. The Balaban J connectivity index is 2.16. The maximum atomic E-state index is 6.11. The lowest BCUT2D eigenvalue weighted by Crippen LogP contribution is -1.98. The maximum absolute atomic E-state index is 6.11. The smallest absolute Gasteiger partial charge is 0.165 e. The predicted molar refractivity (Wildman–Crippen MR) is 68.7 cm³/mol. The van der Waals surface area contributed by atoms with Gasteiger partial charge in [-0.25, -0.2) is 4.98 Å². The second kappa shape index (κ2) is 3.91. The number of imidazole rings is 1. The van der Waals surface area contributed by atoms with Gasteiger partial charge < -0.3 is 9.30 Å². The minimum Gasteiger partial charge on any atom is -0.493 e. The molecule has 0 bridgehead atoms. The summed E-state index contributed by atoms with van der Waals surface area (Å²) < 4.78 is 7.48. The molecule has 4 heteroatoms. The fraction of sp³-hybridized carbons (Fsp3) is 0.462. The highest BCUT2D eigenvalue weighted by Crippen LogP contribution is 2.36. The first-order valence-electron chi connectivity index (χ1n) is 5.88. The zero-order valence-corrected chi connectivity index (χ0v) is 10.8. The second-order valence-corrected chi connectivity index (χ2v) is 5.09. The van der Waals surface area contributed by atoms with E-state index in [-0.39, 0.29) is 0 Å². The first-order valence-corrected chi connectivity index (χ1v) is 6.26. The Kier molecular flexibility index (Phi) is 2.51. The third-order valence-corrected chi connectivity index (χ3v) is 3.72. The summed E-state index contributed by atoms with van der Waals surface area (Å²) in [6.07, 6.45) is 3.73. The molecule has 0 radical (unpaired) electrons. The normalized spacial score (nSPS) is 15.5. The molecule has 3 rings (SSSR count). The van der Waals surface area contributed by atoms with E-state index in [1.165, 1.54) is 12.8 Å². The number of hydrogen-bond acceptors (Lipinski definition) is 2. The van der Waals surface area contributed by atoms with Crippen LogP contribution in [0.15, 0.2) is 12.1 Å². The van der Waals surface area contributed by atoms with Gasteiger partial charge in [0.05, 0.1) is 17.6 Å². The number of fused-ring (bicyclic) bond motifs is 1. The van der Waals surface area contributed by atoms with Crippen LogP contribution < -0.4 is 4.74 Å². The van der Waals surface area contributed by atoms with E-state index in [2.05, 4.69) is 16.6 Å². The minimum absolute atomic E-state index is 0.621. The van der Waals surface area contributed by atoms with Gasteiger partial charge in [0.25, 0.3) is 0 Å². The number of nitrogens with zero attached hydrogens (tertiary/aromatic N) is 2. The minimum atomic E-state index is 0.621. The second-order valence-electron chi connectivity index (χ2n) is 4.68. The number of aromatic nitrogens is 2. The van der Waals surface area contributed by atoms with Crippen LogP contribution in [0.25, 0.3) is 11.0 Å². The van der Waals surface area contributed by atoms with Crippen molar-refractivity contribution in [2.75, 3.05) is 7.11 Å². The van der Waals surface area contributed by atoms with E-state index in [1.807, 2.05) is 12.1 Å². The standard InChI is InChI=1S/C13H15ClN2O/c1-16-10-6-5-9(14)13(17-2)12(10)15-11(16)7-8-3-4-8/h5-6,8H,3-4,7H2,1-2H3. The molecule has 0 saturated heterocycles. The summed E-state index contributed by atoms with van der Waals surface area (Å²) in [6, 6.07) is 3.87. The van der Waals surface area contributed by atoms with Crippen LogP contribution >= 0.6 is 11.6 Å². The van der Waals surface area contributed by atoms with Crippen LogP contribution in [-0.4, -0.2) is 16.7 Å². The monoisotopic (exact) mass is 250 g/mol. The quantitative estimate of drug-likeness (QED) is 0.837. The molecule has 1 aromatic carbocycles. The highest BCUT2D eigenvalue weighted by Gasteiger charge is 2.24. The Bertz CT molecular complexity index is 572. The number of aryl methyl sites for hydroxylation is 1. The molecule has 2 aromatic rings. The van der Waals surface area contributed by atoms with Crippen molar-refractivity contribution in [3.8, 4) is 5.75 Å². The number of methoxy groups -OCH3 is 1. The van der Waals surface area contributed by atoms with Gasteiger partial charge in [-0.1, -0.05) is 11.6 Å². The van der Waals surface area contributed by atoms with Crippen molar-refractivity contribution in [3.63, 3.8) is 0 Å². The van der Waals surface area contributed by atoms with Crippen molar-refractivity contribution in [3.05, 3.63) is 23.0 Å². The molecule has 3 nitrogen and oxygen atoms in total. The van der Waals surface area contributed by atoms with Crippen LogP contribution in [0.2, 0.25) is 5.02 Å². The van der Waals surface area contributed by atoms with Crippen LogP contribution in [0.4, 0.5) is 0 Å². The van der Waals surface area contributed by atoms with E-state index in [4.69, 9.17) is 16.3 Å². The van der Waals surface area contributed by atoms with E-state index in [1.54, 1.807) is 7.11 Å². The Morgan fingerprint density at radius 1 is 1.47 bits per heavy atom. The number of hydrogen-bond donors (Lipinski definition) is 0. The Morgan fingerprint density at radius 2 is 2.24 bits per heavy atom. The number of benzene rings is 1. The summed E-state index contributed by atoms with van der Waals surface area (Å²) in [5.41, 5.74) is 1.96. The molecule has 0 unspecified atom stereocenters. The largest absolute Gasteiger partial charge is 0.493 e. The molecular formula is C13H15ClN2O. The van der Waals surface area contributed by atoms with Crippen LogP contribution in [0.5, 0.6) is 5.75 Å². The molecule has 1 aromatic heterocycles. The third kappa shape index (κ3) is 1.78. The van der Waals surface area contributed by atoms with E-state index in [0.29, 0.717) is 10.8 Å². The van der Waals surface area contributed by atoms with E-state index < -0.39 is 0 Å². The van der Waals surface area contributed by atoms with Crippen molar-refractivity contribution < 1.29 is 4.74 Å². The van der Waals surface area contributed by atoms with Crippen LogP contribution in [0.1, 0.15) is 18.7 Å². The molecule has 1 aliphatic rings. The van der Waals surface area contributed by atoms with Crippen molar-refractivity contribution >= 4 is 22.6 Å². The molecule has 0 N–H and O–H groups in total. The number of ether oxygens (including phenoxy) is 1. The molecule has 90 valence electrons. The molecule has 17 heavy (non-hydrogen) atoms. The third-order valence-electron chi connectivity index (χ3n) is 3.42. The highest BCUT2D eigenvalue weighted by molar-refractivity contribution is 6.33. The van der Waals surface area contributed by atoms with Gasteiger partial charge in [0.15, 0.2) is 5.75 Å². The highest BCUT2D eigenvalue weighted by atomic mass is 35.5. The molecule has 1 heterocycles. The summed E-state index contributed by atoms with van der Waals surface area (Å²) in [5, 5.41) is 0.621. The molecule has 0 atom stereocenters. The van der Waals surface area contributed by atoms with Crippen molar-refractivity contribution in [1.29, 1.82) is 0 Å². The van der Waals surface area contributed by atoms with Crippen LogP contribution in [0.3, 0.4) is 0 Å². The van der Waals surface area contributed by atoms with Gasteiger partial charge in [-0.3, -0.25) is 0 Å². The topological polar surface area (TPSA) is 27.1 Å². The summed E-state index contributed by atoms with van der Waals surface area (Å²) >= 11 is 6.11. The number of rotatable bonds is 3. The van der Waals surface area contributed by atoms with Crippen molar-refractivity contribution in [1.82, 2.24) is 9.55 Å². The summed E-state index contributed by atoms with van der Waals surface area (Å²) in [4.78, 5) is 4.68. The number of halogens is 1. The van der Waals surface area contributed by atoms with Gasteiger partial charge in [-0.15, -0.1) is 0 Å². The van der Waals surface area contributed by atoms with Gasteiger partial charge in [0.1, 0.15) is 11.3 Å². The summed E-state index contributed by atoms with van der Waals surface area (Å²) in [7, 11) is 3.69. The zero-order chi connectivity index (χ0) is 12.0. The SMILES string of the molecule is COc1c(Cl)ccc2c1nc(CC1CC1)n2C. The Hall–Kier alpha value is -1.22. The van der Waals surface area contributed by atoms with E-state index in [9.17, 15) is 0 Å². The average molecular weight is 251 g/mol. The molecular weight excluding hydrogens is 236 g/mol. The lowest BCUT2D eigenvalue weighted by Gasteiger charge is -2.03. The van der Waals surface area contributed by atoms with Gasteiger partial charge in [-0.05, 0) is 30.9 Å². The lowest BCUT2D eigenvalue weighted by atomic mass is 10.3. The molecule has 1 fully saturated rings. The Morgan fingerprint density at radius 3 is 2.88 bits per heavy atom. The molecule has 0 aliphatic heterocycles. The van der Waals surface area contributed by atoms with Crippen molar-refractivity contribution in [2.24, 2.45) is 13.0 Å². The maximum Gasteiger partial charge on any atom is 0.165 e. The van der Waals surface area contributed by atoms with Crippen LogP contribution in [-0.2, 0) is 13.5 Å². The van der Waals surface area contributed by atoms with Gasteiger partial charge in [0, 0.05) is 13.5 Å². The van der Waals surface area contributed by atoms with E-state index >= 15 is 0 Å². The summed E-state index contributed by atoms with van der Waals surface area (Å²) in [5.74, 6) is 2.64. The first kappa shape index (κ1) is 10.9. The Labute approximate surface area is 105 Å². The summed E-state index contributed by atoms with van der Waals surface area (Å²) in [6.45, 7) is 0.